The summed E-state index contributed by atoms with van der Waals surface area (Å²) >= 11 is 0. The van der Waals surface area contributed by atoms with E-state index in [0.29, 0.717) is 17.9 Å². The first kappa shape index (κ1) is 16.7. The molecule has 0 atom stereocenters. The van der Waals surface area contributed by atoms with Gasteiger partial charge in [0.05, 0.1) is 11.3 Å². The van der Waals surface area contributed by atoms with Crippen LogP contribution in [0.15, 0.2) is 49.1 Å². The van der Waals surface area contributed by atoms with Crippen molar-refractivity contribution in [3.8, 4) is 5.75 Å². The molecule has 1 heterocycles. The second-order valence-electron chi connectivity index (χ2n) is 5.60. The molecule has 0 N–H and O–H groups in total. The van der Waals surface area contributed by atoms with E-state index in [1.54, 1.807) is 18.2 Å². The van der Waals surface area contributed by atoms with Gasteiger partial charge in [-0.15, -0.1) is 0 Å². The van der Waals surface area contributed by atoms with Crippen molar-refractivity contribution in [2.75, 3.05) is 6.61 Å². The number of hydrogen-bond donors (Lipinski definition) is 0. The smallest absolute Gasteiger partial charge is 0.282 e. The molecule has 0 radical (unpaired) electrons. The Morgan fingerprint density at radius 3 is 2.70 bits per heavy atom. The van der Waals surface area contributed by atoms with Crippen molar-refractivity contribution in [2.24, 2.45) is 0 Å². The van der Waals surface area contributed by atoms with Gasteiger partial charge in [-0.3, -0.25) is 4.79 Å². The summed E-state index contributed by atoms with van der Waals surface area (Å²) in [6.45, 7) is 13.7. The third kappa shape index (κ3) is 3.59. The van der Waals surface area contributed by atoms with E-state index in [-0.39, 0.29) is 5.91 Å². The van der Waals surface area contributed by atoms with Crippen LogP contribution in [0.25, 0.3) is 0 Å². The second kappa shape index (κ2) is 7.09. The van der Waals surface area contributed by atoms with Crippen molar-refractivity contribution in [1.82, 2.24) is 9.78 Å². The third-order valence-electron chi connectivity index (χ3n) is 3.59. The summed E-state index contributed by atoms with van der Waals surface area (Å²) in [7, 11) is 0. The molecular weight excluding hydrogens is 288 g/mol. The molecule has 0 saturated carbocycles. The minimum absolute atomic E-state index is 0.196. The van der Waals surface area contributed by atoms with Gasteiger partial charge in [0.1, 0.15) is 12.4 Å². The number of para-hydroxylation sites is 1. The molecule has 1 aromatic carbocycles. The molecule has 0 amide bonds. The average Bonchev–Trinajstić information content (AvgIpc) is 2.80. The number of aromatic nitrogens is 2. The summed E-state index contributed by atoms with van der Waals surface area (Å²) < 4.78 is 7.02. The van der Waals surface area contributed by atoms with Gasteiger partial charge in [0.2, 0.25) is 0 Å². The maximum atomic E-state index is 12.9. The highest BCUT2D eigenvalue weighted by Crippen LogP contribution is 2.22. The lowest BCUT2D eigenvalue weighted by Crippen LogP contribution is -2.17. The number of nitrogens with zero attached hydrogens (tertiary/aromatic N) is 2. The monoisotopic (exact) mass is 310 g/mol. The molecule has 120 valence electrons. The van der Waals surface area contributed by atoms with Crippen molar-refractivity contribution in [3.63, 3.8) is 0 Å². The molecule has 0 saturated heterocycles. The molecule has 4 nitrogen and oxygen atoms in total. The highest BCUT2D eigenvalue weighted by Gasteiger charge is 2.20. The molecular formula is C19H22N2O2. The van der Waals surface area contributed by atoms with Gasteiger partial charge in [0, 0.05) is 11.3 Å². The van der Waals surface area contributed by atoms with Gasteiger partial charge in [0.25, 0.3) is 5.91 Å². The molecule has 0 bridgehead atoms. The second-order valence-corrected chi connectivity index (χ2v) is 5.60. The highest BCUT2D eigenvalue weighted by molar-refractivity contribution is 5.98. The fourth-order valence-corrected chi connectivity index (χ4v) is 2.46. The SMILES string of the molecule is C=CCOc1ccccc1C(=O)n1nc(C)c(CC(=C)C)c1C. The van der Waals surface area contributed by atoms with Gasteiger partial charge < -0.3 is 4.74 Å². The topological polar surface area (TPSA) is 44.1 Å². The summed E-state index contributed by atoms with van der Waals surface area (Å²) in [5.41, 5.74) is 4.27. The lowest BCUT2D eigenvalue weighted by atomic mass is 10.1. The average molecular weight is 310 g/mol. The standard InChI is InChI=1S/C19H22N2O2/c1-6-11-23-18-10-8-7-9-16(18)19(22)21-15(5)17(12-13(2)3)14(4)20-21/h6-10H,1-2,11-12H2,3-5H3. The van der Waals surface area contributed by atoms with Gasteiger partial charge in [-0.2, -0.15) is 5.10 Å². The summed E-state index contributed by atoms with van der Waals surface area (Å²) in [6.07, 6.45) is 2.37. The van der Waals surface area contributed by atoms with Gasteiger partial charge >= 0.3 is 0 Å². The van der Waals surface area contributed by atoms with Crippen LogP contribution in [-0.4, -0.2) is 22.3 Å². The van der Waals surface area contributed by atoms with Gasteiger partial charge in [-0.1, -0.05) is 36.9 Å². The first-order valence-corrected chi connectivity index (χ1v) is 7.52. The fourth-order valence-electron chi connectivity index (χ4n) is 2.46. The van der Waals surface area contributed by atoms with E-state index in [0.717, 1.165) is 28.9 Å². The predicted octanol–water partition coefficient (Wildman–Crippen LogP) is 3.87. The Balaban J connectivity index is 2.42. The van der Waals surface area contributed by atoms with Crippen molar-refractivity contribution in [3.05, 3.63) is 71.6 Å². The maximum absolute atomic E-state index is 12.9. The number of ether oxygens (including phenoxy) is 1. The first-order valence-electron chi connectivity index (χ1n) is 7.52. The Bertz CT molecular complexity index is 757. The van der Waals surface area contributed by atoms with Crippen LogP contribution in [0, 0.1) is 13.8 Å². The number of carbonyl (C=O) groups is 1. The summed E-state index contributed by atoms with van der Waals surface area (Å²) in [6, 6.07) is 7.17. The Hall–Kier alpha value is -2.62. The predicted molar refractivity (Wildman–Crippen MR) is 92.1 cm³/mol. The summed E-state index contributed by atoms with van der Waals surface area (Å²) in [4.78, 5) is 12.9. The lowest BCUT2D eigenvalue weighted by Gasteiger charge is -2.10. The fraction of sp³-hybridized carbons (Fsp3) is 0.263. The third-order valence-corrected chi connectivity index (χ3v) is 3.59. The molecule has 0 aliphatic carbocycles. The summed E-state index contributed by atoms with van der Waals surface area (Å²) in [5, 5.41) is 4.41. The van der Waals surface area contributed by atoms with Crippen molar-refractivity contribution in [2.45, 2.75) is 27.2 Å². The molecule has 0 unspecified atom stereocenters. The maximum Gasteiger partial charge on any atom is 0.282 e. The Kier molecular flexibility index (Phi) is 5.16. The quantitative estimate of drug-likeness (QED) is 0.761. The number of benzene rings is 1. The zero-order valence-electron chi connectivity index (χ0n) is 13.9. The normalized spacial score (nSPS) is 10.4. The zero-order valence-corrected chi connectivity index (χ0v) is 13.9. The first-order chi connectivity index (χ1) is 11.0. The zero-order chi connectivity index (χ0) is 17.0. The van der Waals surface area contributed by atoms with E-state index in [1.165, 1.54) is 4.68 Å². The van der Waals surface area contributed by atoms with Crippen LogP contribution >= 0.6 is 0 Å². The Labute approximate surface area is 137 Å². The Morgan fingerprint density at radius 1 is 1.35 bits per heavy atom. The van der Waals surface area contributed by atoms with E-state index >= 15 is 0 Å². The minimum atomic E-state index is -0.196. The number of hydrogen-bond acceptors (Lipinski definition) is 3. The molecule has 2 aromatic rings. The van der Waals surface area contributed by atoms with Gasteiger partial charge in [-0.25, -0.2) is 4.68 Å². The number of carbonyl (C=O) groups excluding carboxylic acids is 1. The van der Waals surface area contributed by atoms with E-state index in [2.05, 4.69) is 18.3 Å². The largest absolute Gasteiger partial charge is 0.489 e. The van der Waals surface area contributed by atoms with E-state index < -0.39 is 0 Å². The molecule has 1 aromatic heterocycles. The molecule has 0 spiro atoms. The van der Waals surface area contributed by atoms with Crippen LogP contribution in [0.5, 0.6) is 5.75 Å². The Morgan fingerprint density at radius 2 is 2.04 bits per heavy atom. The van der Waals surface area contributed by atoms with E-state index in [9.17, 15) is 4.79 Å². The molecule has 0 aliphatic heterocycles. The van der Waals surface area contributed by atoms with Gasteiger partial charge in [0.15, 0.2) is 0 Å². The molecule has 0 fully saturated rings. The molecule has 0 aliphatic rings. The van der Waals surface area contributed by atoms with Crippen LogP contribution < -0.4 is 4.74 Å². The molecule has 2 rings (SSSR count). The van der Waals surface area contributed by atoms with Gasteiger partial charge in [-0.05, 0) is 39.3 Å². The number of aryl methyl sites for hydroxylation is 1. The minimum Gasteiger partial charge on any atom is -0.489 e. The van der Waals surface area contributed by atoms with Crippen LogP contribution in [0.1, 0.15) is 34.2 Å². The van der Waals surface area contributed by atoms with Crippen LogP contribution in [0.3, 0.4) is 0 Å². The number of rotatable bonds is 6. The molecule has 23 heavy (non-hydrogen) atoms. The summed E-state index contributed by atoms with van der Waals surface area (Å²) in [5.74, 6) is 0.338. The van der Waals surface area contributed by atoms with Crippen LogP contribution in [0.2, 0.25) is 0 Å². The van der Waals surface area contributed by atoms with Crippen molar-refractivity contribution >= 4 is 5.91 Å². The van der Waals surface area contributed by atoms with E-state index in [1.807, 2.05) is 32.9 Å². The highest BCUT2D eigenvalue weighted by atomic mass is 16.5. The van der Waals surface area contributed by atoms with Crippen molar-refractivity contribution in [1.29, 1.82) is 0 Å². The lowest BCUT2D eigenvalue weighted by molar-refractivity contribution is 0.0938. The number of allylic oxidation sites excluding steroid dienone is 1. The molecule has 4 heteroatoms. The van der Waals surface area contributed by atoms with Crippen molar-refractivity contribution < 1.29 is 9.53 Å². The van der Waals surface area contributed by atoms with Crippen LogP contribution in [0.4, 0.5) is 0 Å². The van der Waals surface area contributed by atoms with Crippen LogP contribution in [-0.2, 0) is 6.42 Å². The van der Waals surface area contributed by atoms with E-state index in [4.69, 9.17) is 4.74 Å².